The first kappa shape index (κ1) is 22.7. The van der Waals surface area contributed by atoms with Crippen molar-refractivity contribution in [1.82, 2.24) is 0 Å². The van der Waals surface area contributed by atoms with Gasteiger partial charge in [-0.25, -0.2) is 4.90 Å². The Kier molecular flexibility index (Phi) is 6.29. The van der Waals surface area contributed by atoms with Gasteiger partial charge in [-0.05, 0) is 48.4 Å². The van der Waals surface area contributed by atoms with Crippen LogP contribution in [0.3, 0.4) is 0 Å². The molecular formula is C25H19F3N2O2S. The zero-order valence-electron chi connectivity index (χ0n) is 17.5. The number of rotatable bonds is 6. The first-order valence-electron chi connectivity index (χ1n) is 10.2. The van der Waals surface area contributed by atoms with Crippen molar-refractivity contribution in [2.24, 2.45) is 0 Å². The molecule has 0 saturated carbocycles. The van der Waals surface area contributed by atoms with E-state index in [1.54, 1.807) is 36.4 Å². The average molecular weight is 469 g/mol. The highest BCUT2D eigenvalue weighted by molar-refractivity contribution is 8.04. The van der Waals surface area contributed by atoms with Gasteiger partial charge < -0.3 is 5.32 Å². The van der Waals surface area contributed by atoms with E-state index in [4.69, 9.17) is 0 Å². The van der Waals surface area contributed by atoms with Crippen molar-refractivity contribution in [3.8, 4) is 0 Å². The molecule has 0 radical (unpaired) electrons. The minimum absolute atomic E-state index is 0.0344. The third kappa shape index (κ3) is 4.66. The largest absolute Gasteiger partial charge is 0.416 e. The second-order valence-corrected chi connectivity index (χ2v) is 8.33. The molecular weight excluding hydrogens is 449 g/mol. The fourth-order valence-electron chi connectivity index (χ4n) is 3.46. The van der Waals surface area contributed by atoms with E-state index in [-0.39, 0.29) is 16.3 Å². The number of aryl methyl sites for hydroxylation is 1. The standard InChI is InChI=1S/C25H19F3N2O2S/c1-2-16-9-6-7-14-20(16)29-21-22(33-19-12-4-3-5-13-19)24(32)30(23(21)31)18-11-8-10-17(15-18)25(26,27)28/h3-15,29H,2H2,1H3. The molecule has 168 valence electrons. The van der Waals surface area contributed by atoms with E-state index in [0.717, 1.165) is 39.3 Å². The van der Waals surface area contributed by atoms with Crippen molar-refractivity contribution in [2.75, 3.05) is 10.2 Å². The fourth-order valence-corrected chi connectivity index (χ4v) is 4.41. The Morgan fingerprint density at radius 1 is 0.879 bits per heavy atom. The van der Waals surface area contributed by atoms with Crippen LogP contribution >= 0.6 is 11.8 Å². The Balaban J connectivity index is 1.77. The lowest BCUT2D eigenvalue weighted by molar-refractivity contribution is -0.137. The predicted molar refractivity (Wildman–Crippen MR) is 123 cm³/mol. The number of hydrogen-bond acceptors (Lipinski definition) is 4. The van der Waals surface area contributed by atoms with Gasteiger partial charge in [0, 0.05) is 10.6 Å². The molecule has 1 heterocycles. The van der Waals surface area contributed by atoms with Gasteiger partial charge in [0.05, 0.1) is 11.3 Å². The molecule has 3 aromatic carbocycles. The van der Waals surface area contributed by atoms with Crippen LogP contribution < -0.4 is 10.2 Å². The number of benzene rings is 3. The van der Waals surface area contributed by atoms with E-state index >= 15 is 0 Å². The molecule has 0 bridgehead atoms. The van der Waals surface area contributed by atoms with Gasteiger partial charge in [0.25, 0.3) is 11.8 Å². The second kappa shape index (κ2) is 9.15. The van der Waals surface area contributed by atoms with Crippen LogP contribution in [-0.4, -0.2) is 11.8 Å². The Morgan fingerprint density at radius 3 is 2.27 bits per heavy atom. The van der Waals surface area contributed by atoms with Crippen molar-refractivity contribution < 1.29 is 22.8 Å². The fraction of sp³-hybridized carbons (Fsp3) is 0.120. The summed E-state index contributed by atoms with van der Waals surface area (Å²) in [6, 6.07) is 20.6. The second-order valence-electron chi connectivity index (χ2n) is 7.25. The van der Waals surface area contributed by atoms with Crippen molar-refractivity contribution in [3.05, 3.63) is 101 Å². The van der Waals surface area contributed by atoms with Gasteiger partial charge in [-0.1, -0.05) is 61.2 Å². The maximum atomic E-state index is 13.4. The van der Waals surface area contributed by atoms with Crippen LogP contribution in [0, 0.1) is 0 Å². The van der Waals surface area contributed by atoms with Gasteiger partial charge in [-0.2, -0.15) is 13.2 Å². The normalized spacial score (nSPS) is 14.2. The molecule has 1 aliphatic rings. The van der Waals surface area contributed by atoms with Crippen LogP contribution in [0.1, 0.15) is 18.1 Å². The molecule has 4 nitrogen and oxygen atoms in total. The summed E-state index contributed by atoms with van der Waals surface area (Å²) < 4.78 is 39.7. The highest BCUT2D eigenvalue weighted by atomic mass is 32.2. The summed E-state index contributed by atoms with van der Waals surface area (Å²) in [4.78, 5) is 28.3. The number of carbonyl (C=O) groups excluding carboxylic acids is 2. The van der Waals surface area contributed by atoms with E-state index < -0.39 is 23.6 Å². The van der Waals surface area contributed by atoms with E-state index in [1.807, 2.05) is 25.1 Å². The number of alkyl halides is 3. The molecule has 0 saturated heterocycles. The van der Waals surface area contributed by atoms with Crippen molar-refractivity contribution in [3.63, 3.8) is 0 Å². The van der Waals surface area contributed by atoms with E-state index in [2.05, 4.69) is 5.32 Å². The Labute approximate surface area is 193 Å². The first-order chi connectivity index (χ1) is 15.8. The van der Waals surface area contributed by atoms with Crippen LogP contribution in [0.15, 0.2) is 94.4 Å². The summed E-state index contributed by atoms with van der Waals surface area (Å²) >= 11 is 1.09. The van der Waals surface area contributed by atoms with Crippen LogP contribution in [0.5, 0.6) is 0 Å². The minimum Gasteiger partial charge on any atom is -0.350 e. The highest BCUT2D eigenvalue weighted by Crippen LogP contribution is 2.39. The lowest BCUT2D eigenvalue weighted by Crippen LogP contribution is -2.32. The number of imide groups is 1. The molecule has 0 aliphatic carbocycles. The molecule has 1 N–H and O–H groups in total. The zero-order valence-corrected chi connectivity index (χ0v) is 18.3. The number of para-hydroxylation sites is 1. The third-order valence-corrected chi connectivity index (χ3v) is 6.18. The van der Waals surface area contributed by atoms with E-state index in [0.29, 0.717) is 12.1 Å². The summed E-state index contributed by atoms with van der Waals surface area (Å²) in [5.41, 5.74) is 0.564. The van der Waals surface area contributed by atoms with Gasteiger partial charge in [0.1, 0.15) is 10.6 Å². The number of hydrogen-bond donors (Lipinski definition) is 1. The van der Waals surface area contributed by atoms with Gasteiger partial charge in [-0.3, -0.25) is 9.59 Å². The molecule has 0 aromatic heterocycles. The smallest absolute Gasteiger partial charge is 0.350 e. The van der Waals surface area contributed by atoms with E-state index in [9.17, 15) is 22.8 Å². The van der Waals surface area contributed by atoms with E-state index in [1.165, 1.54) is 12.1 Å². The van der Waals surface area contributed by atoms with Gasteiger partial charge in [0.15, 0.2) is 0 Å². The number of anilines is 2. The number of thioether (sulfide) groups is 1. The van der Waals surface area contributed by atoms with Crippen LogP contribution in [-0.2, 0) is 22.2 Å². The lowest BCUT2D eigenvalue weighted by atomic mass is 10.1. The Hall–Kier alpha value is -3.52. The number of nitrogens with zero attached hydrogens (tertiary/aromatic N) is 1. The minimum atomic E-state index is -4.60. The molecule has 8 heteroatoms. The number of halogens is 3. The summed E-state index contributed by atoms with van der Waals surface area (Å²) in [5, 5.41) is 3.08. The topological polar surface area (TPSA) is 49.4 Å². The van der Waals surface area contributed by atoms with Gasteiger partial charge >= 0.3 is 6.18 Å². The van der Waals surface area contributed by atoms with Crippen molar-refractivity contribution in [2.45, 2.75) is 24.4 Å². The Morgan fingerprint density at radius 2 is 1.58 bits per heavy atom. The lowest BCUT2D eigenvalue weighted by Gasteiger charge is -2.17. The number of carbonyl (C=O) groups is 2. The molecule has 33 heavy (non-hydrogen) atoms. The molecule has 0 atom stereocenters. The zero-order chi connectivity index (χ0) is 23.6. The molecule has 3 aromatic rings. The maximum Gasteiger partial charge on any atom is 0.416 e. The molecule has 2 amide bonds. The SMILES string of the molecule is CCc1ccccc1NC1=C(Sc2ccccc2)C(=O)N(c2cccc(C(F)(F)F)c2)C1=O. The van der Waals surface area contributed by atoms with Crippen LogP contribution in [0.4, 0.5) is 24.5 Å². The summed E-state index contributed by atoms with van der Waals surface area (Å²) in [6.07, 6.45) is -3.91. The van der Waals surface area contributed by atoms with Gasteiger partial charge in [0.2, 0.25) is 0 Å². The quantitative estimate of drug-likeness (QED) is 0.434. The molecule has 1 aliphatic heterocycles. The van der Waals surface area contributed by atoms with Gasteiger partial charge in [-0.15, -0.1) is 0 Å². The molecule has 0 unspecified atom stereocenters. The predicted octanol–water partition coefficient (Wildman–Crippen LogP) is 6.26. The molecule has 0 spiro atoms. The third-order valence-electron chi connectivity index (χ3n) is 5.09. The average Bonchev–Trinajstić information content (AvgIpc) is 3.03. The van der Waals surface area contributed by atoms with Crippen LogP contribution in [0.2, 0.25) is 0 Å². The van der Waals surface area contributed by atoms with Crippen LogP contribution in [0.25, 0.3) is 0 Å². The maximum absolute atomic E-state index is 13.4. The number of nitrogens with one attached hydrogen (secondary N) is 1. The molecule has 0 fully saturated rings. The summed E-state index contributed by atoms with van der Waals surface area (Å²) in [6.45, 7) is 1.96. The van der Waals surface area contributed by atoms with Crippen molar-refractivity contribution in [1.29, 1.82) is 0 Å². The summed E-state index contributed by atoms with van der Waals surface area (Å²) in [5.74, 6) is -1.38. The number of amides is 2. The summed E-state index contributed by atoms with van der Waals surface area (Å²) in [7, 11) is 0. The highest BCUT2D eigenvalue weighted by Gasteiger charge is 2.41. The Bertz CT molecular complexity index is 1240. The molecule has 4 rings (SSSR count). The monoisotopic (exact) mass is 468 g/mol. The van der Waals surface area contributed by atoms with Crippen molar-refractivity contribution >= 4 is 35.0 Å². The first-order valence-corrected chi connectivity index (χ1v) is 11.0.